The molecule has 0 spiro atoms. The number of alkyl halides is 6. The lowest BCUT2D eigenvalue weighted by Gasteiger charge is -2.50. The third-order valence-corrected chi connectivity index (χ3v) is 16.8. The number of aryl methyl sites for hydroxylation is 1. The quantitative estimate of drug-likeness (QED) is 0.173. The van der Waals surface area contributed by atoms with Crippen molar-refractivity contribution >= 4 is 37.7 Å². The van der Waals surface area contributed by atoms with Crippen LogP contribution in [0.5, 0.6) is 0 Å². The average molecular weight is 972 g/mol. The van der Waals surface area contributed by atoms with Gasteiger partial charge in [-0.1, -0.05) is 13.8 Å². The van der Waals surface area contributed by atoms with E-state index in [9.17, 15) is 45.3 Å². The summed E-state index contributed by atoms with van der Waals surface area (Å²) < 4.78 is 113. The van der Waals surface area contributed by atoms with E-state index in [0.29, 0.717) is 32.1 Å². The van der Waals surface area contributed by atoms with E-state index >= 15 is 0 Å². The zero-order valence-electron chi connectivity index (χ0n) is 36.1. The summed E-state index contributed by atoms with van der Waals surface area (Å²) in [5, 5.41) is 31.8. The van der Waals surface area contributed by atoms with Crippen LogP contribution in [0.2, 0.25) is 0 Å². The first-order chi connectivity index (χ1) is 30.8. The molecule has 6 nitrogen and oxygen atoms in total. The predicted octanol–water partition coefficient (Wildman–Crippen LogP) is 13.2. The number of nitrogens with zero attached hydrogens (tertiary/aromatic N) is 4. The van der Waals surface area contributed by atoms with E-state index < -0.39 is 29.0 Å². The summed E-state index contributed by atoms with van der Waals surface area (Å²) in [7, 11) is 0. The van der Waals surface area contributed by atoms with Crippen LogP contribution >= 0.6 is 15.9 Å². The Labute approximate surface area is 380 Å². The number of fused-ring (bicyclic) bond motifs is 8. The van der Waals surface area contributed by atoms with Crippen molar-refractivity contribution in [3.8, 4) is 11.4 Å². The Kier molecular flexibility index (Phi) is 11.6. The molecule has 0 radical (unpaired) electrons. The van der Waals surface area contributed by atoms with E-state index in [-0.39, 0.29) is 54.6 Å². The zero-order chi connectivity index (χ0) is 46.3. The highest BCUT2D eigenvalue weighted by Crippen LogP contribution is 2.59. The van der Waals surface area contributed by atoms with Gasteiger partial charge >= 0.3 is 12.4 Å². The summed E-state index contributed by atoms with van der Waals surface area (Å²) in [6.07, 6.45) is -0.353. The van der Waals surface area contributed by atoms with E-state index in [2.05, 4.69) is 44.3 Å². The van der Waals surface area contributed by atoms with E-state index in [1.54, 1.807) is 46.0 Å². The van der Waals surface area contributed by atoms with Gasteiger partial charge in [0.2, 0.25) is 0 Å². The molecule has 2 saturated carbocycles. The lowest BCUT2D eigenvalue weighted by molar-refractivity contribution is -0.279. The first kappa shape index (κ1) is 45.8. The van der Waals surface area contributed by atoms with Gasteiger partial charge in [-0.05, 0) is 217 Å². The minimum atomic E-state index is -4.62. The van der Waals surface area contributed by atoms with Crippen molar-refractivity contribution in [2.45, 2.75) is 138 Å². The fraction of sp³-hybridized carbons (Fsp3) is 0.480. The Balaban J connectivity index is 0.000000164. The number of aliphatic hydroxyl groups is 2. The van der Waals surface area contributed by atoms with Crippen molar-refractivity contribution in [2.24, 2.45) is 11.8 Å². The van der Waals surface area contributed by atoms with Gasteiger partial charge in [-0.3, -0.25) is 0 Å². The fourth-order valence-corrected chi connectivity index (χ4v) is 13.1. The SMILES string of the molecule is CC[C@@]12CC[C@](O)(C(F)(F)F)C[C@H]1CCCc1c2cc2cnn(-c3ccc(F)cc3)c2c1Br.CC[C@@]12CC[C@](O)(C(F)(F)F)C[C@H]1CCCc1cc3c(cnn3-c3ccc(F)cc3)cc12. The van der Waals surface area contributed by atoms with Crippen molar-refractivity contribution < 1.29 is 45.3 Å². The van der Waals surface area contributed by atoms with E-state index in [4.69, 9.17) is 0 Å². The standard InChI is InChI=1S/C25H25BrF4N2O.C25H26F4N2O/c1-2-23-10-11-24(33,25(28,29)30)13-16(23)4-3-5-19-20(23)12-15-14-31-32(22(15)21(19)26)18-8-6-17(27)7-9-18;1-2-23-10-11-24(32,25(27,28)29)14-18(23)5-3-4-16-13-22-17(12-21(16)23)15-30-31(22)20-8-6-19(26)7-9-20/h6-9,12,14,16,33H,2-5,10-11,13H2,1H3;6-9,12-13,15,18,32H,2-5,10-11,14H2,1H3/t16-,23-,24-;18-,23-,24-/m11/s1. The maximum absolute atomic E-state index is 13.7. The fourth-order valence-electron chi connectivity index (χ4n) is 12.3. The lowest BCUT2D eigenvalue weighted by Crippen LogP contribution is -2.54. The van der Waals surface area contributed by atoms with E-state index in [0.717, 1.165) is 92.0 Å². The molecule has 0 saturated heterocycles. The number of rotatable bonds is 4. The van der Waals surface area contributed by atoms with Crippen LogP contribution in [-0.4, -0.2) is 53.3 Å². The average Bonchev–Trinajstić information content (AvgIpc) is 3.80. The van der Waals surface area contributed by atoms with Gasteiger partial charge in [0.15, 0.2) is 11.2 Å². The second-order valence-corrected chi connectivity index (χ2v) is 19.7. The van der Waals surface area contributed by atoms with Crippen LogP contribution < -0.4 is 0 Å². The molecule has 4 aliphatic rings. The molecule has 10 rings (SSSR count). The molecule has 2 fully saturated rings. The molecule has 0 bridgehead atoms. The Morgan fingerprint density at radius 1 is 0.646 bits per heavy atom. The second kappa shape index (κ2) is 16.5. The Bertz CT molecular complexity index is 2730. The van der Waals surface area contributed by atoms with Gasteiger partial charge in [0.1, 0.15) is 11.6 Å². The first-order valence-corrected chi connectivity index (χ1v) is 23.4. The molecule has 6 atom stereocenters. The molecule has 6 aromatic rings. The summed E-state index contributed by atoms with van der Waals surface area (Å²) >= 11 is 3.80. The molecule has 0 unspecified atom stereocenters. The molecule has 4 aliphatic carbocycles. The summed E-state index contributed by atoms with van der Waals surface area (Å²) in [6.45, 7) is 4.09. The number of aromatic nitrogens is 4. The van der Waals surface area contributed by atoms with E-state index in [1.807, 2.05) is 13.8 Å². The third kappa shape index (κ3) is 7.59. The van der Waals surface area contributed by atoms with Gasteiger partial charge in [-0.25, -0.2) is 18.1 Å². The highest BCUT2D eigenvalue weighted by atomic mass is 79.9. The molecule has 2 N–H and O–H groups in total. The van der Waals surface area contributed by atoms with Crippen molar-refractivity contribution in [3.05, 3.63) is 117 Å². The first-order valence-electron chi connectivity index (χ1n) is 22.6. The third-order valence-electron chi connectivity index (χ3n) is 15.9. The predicted molar refractivity (Wildman–Crippen MR) is 236 cm³/mol. The van der Waals surface area contributed by atoms with Crippen LogP contribution in [0, 0.1) is 23.5 Å². The number of benzene rings is 4. The molecular weight excluding hydrogens is 920 g/mol. The molecular formula is C50H51BrF8N4O2. The number of halogens is 9. The van der Waals surface area contributed by atoms with Crippen LogP contribution in [0.3, 0.4) is 0 Å². The van der Waals surface area contributed by atoms with Gasteiger partial charge in [0, 0.05) is 15.2 Å². The topological polar surface area (TPSA) is 76.1 Å². The van der Waals surface area contributed by atoms with Crippen molar-refractivity contribution in [3.63, 3.8) is 0 Å². The number of hydrogen-bond donors (Lipinski definition) is 2. The lowest BCUT2D eigenvalue weighted by atomic mass is 9.56. The maximum atomic E-state index is 13.7. The molecule has 4 aromatic carbocycles. The minimum absolute atomic E-state index is 0.223. The molecule has 2 heterocycles. The summed E-state index contributed by atoms with van der Waals surface area (Å²) in [5.74, 6) is -1.11. The van der Waals surface area contributed by atoms with Crippen LogP contribution in [0.15, 0.2) is 83.6 Å². The molecule has 346 valence electrons. The minimum Gasteiger partial charge on any atom is -0.380 e. The summed E-state index contributed by atoms with van der Waals surface area (Å²) in [4.78, 5) is 0. The summed E-state index contributed by atoms with van der Waals surface area (Å²) in [6, 6.07) is 18.5. The highest BCUT2D eigenvalue weighted by molar-refractivity contribution is 9.10. The Morgan fingerprint density at radius 2 is 1.12 bits per heavy atom. The van der Waals surface area contributed by atoms with Gasteiger partial charge in [-0.15, -0.1) is 0 Å². The highest BCUT2D eigenvalue weighted by Gasteiger charge is 2.62. The maximum Gasteiger partial charge on any atom is 0.417 e. The van der Waals surface area contributed by atoms with Gasteiger partial charge in [0.05, 0.1) is 34.8 Å². The molecule has 0 aliphatic heterocycles. The smallest absolute Gasteiger partial charge is 0.380 e. The van der Waals surface area contributed by atoms with Crippen LogP contribution in [-0.2, 0) is 23.7 Å². The Hall–Kier alpha value is -4.34. The van der Waals surface area contributed by atoms with Crippen LogP contribution in [0.1, 0.15) is 113 Å². The molecule has 0 amide bonds. The van der Waals surface area contributed by atoms with Crippen LogP contribution in [0.4, 0.5) is 35.1 Å². The van der Waals surface area contributed by atoms with Gasteiger partial charge in [-0.2, -0.15) is 36.5 Å². The zero-order valence-corrected chi connectivity index (χ0v) is 37.7. The normalized spacial score (nSPS) is 28.0. The molecule has 2 aromatic heterocycles. The largest absolute Gasteiger partial charge is 0.417 e. The molecule has 65 heavy (non-hydrogen) atoms. The van der Waals surface area contributed by atoms with E-state index in [1.165, 1.54) is 24.3 Å². The molecule has 15 heteroatoms. The van der Waals surface area contributed by atoms with Crippen molar-refractivity contribution in [2.75, 3.05) is 0 Å². The van der Waals surface area contributed by atoms with Crippen molar-refractivity contribution in [1.29, 1.82) is 0 Å². The summed E-state index contributed by atoms with van der Waals surface area (Å²) in [5.41, 5.74) is 1.68. The van der Waals surface area contributed by atoms with Gasteiger partial charge < -0.3 is 10.2 Å². The number of hydrogen-bond acceptors (Lipinski definition) is 4. The van der Waals surface area contributed by atoms with Crippen molar-refractivity contribution in [1.82, 2.24) is 19.6 Å². The Morgan fingerprint density at radius 3 is 1.66 bits per heavy atom. The van der Waals surface area contributed by atoms with Crippen LogP contribution in [0.25, 0.3) is 33.2 Å². The monoisotopic (exact) mass is 970 g/mol. The second-order valence-electron chi connectivity index (χ2n) is 19.0. The van der Waals surface area contributed by atoms with Gasteiger partial charge in [0.25, 0.3) is 0 Å².